The molecule has 1 aromatic heterocycles. The molecule has 5 rings (SSSR count). The third-order valence-electron chi connectivity index (χ3n) is 5.76. The van der Waals surface area contributed by atoms with E-state index in [-0.39, 0.29) is 12.7 Å². The van der Waals surface area contributed by atoms with Gasteiger partial charge >= 0.3 is 0 Å². The highest BCUT2D eigenvalue weighted by Gasteiger charge is 2.24. The van der Waals surface area contributed by atoms with Crippen LogP contribution in [-0.4, -0.2) is 48.5 Å². The van der Waals surface area contributed by atoms with E-state index in [0.29, 0.717) is 30.6 Å². The molecular weight excluding hydrogens is 384 g/mol. The Kier molecular flexibility index (Phi) is 5.40. The zero-order valence-electron chi connectivity index (χ0n) is 16.9. The van der Waals surface area contributed by atoms with Crippen LogP contribution in [0, 0.1) is 0 Å². The number of fused-ring (bicyclic) bond motifs is 2. The fourth-order valence-corrected chi connectivity index (χ4v) is 4.18. The quantitative estimate of drug-likeness (QED) is 0.755. The van der Waals surface area contributed by atoms with E-state index in [9.17, 15) is 4.79 Å². The third-order valence-corrected chi connectivity index (χ3v) is 5.76. The van der Waals surface area contributed by atoms with Gasteiger partial charge in [0.2, 0.25) is 6.79 Å². The third kappa shape index (κ3) is 4.05. The zero-order valence-corrected chi connectivity index (χ0v) is 16.9. The number of hydrogen-bond acceptors (Lipinski definition) is 7. The van der Waals surface area contributed by atoms with Gasteiger partial charge in [-0.15, -0.1) is 0 Å². The highest BCUT2D eigenvalue weighted by molar-refractivity contribution is 5.96. The van der Waals surface area contributed by atoms with Gasteiger partial charge in [-0.2, -0.15) is 0 Å². The zero-order chi connectivity index (χ0) is 20.3. The molecule has 0 spiro atoms. The van der Waals surface area contributed by atoms with E-state index in [1.54, 1.807) is 0 Å². The molecule has 0 aliphatic carbocycles. The first-order valence-corrected chi connectivity index (χ1v) is 10.7. The molecule has 30 heavy (non-hydrogen) atoms. The van der Waals surface area contributed by atoms with Crippen LogP contribution in [0.2, 0.25) is 0 Å². The van der Waals surface area contributed by atoms with Crippen molar-refractivity contribution in [2.45, 2.75) is 44.6 Å². The number of aromatic nitrogens is 2. The van der Waals surface area contributed by atoms with Gasteiger partial charge in [0.1, 0.15) is 17.3 Å². The Morgan fingerprint density at radius 2 is 2.10 bits per heavy atom. The van der Waals surface area contributed by atoms with Gasteiger partial charge in [0, 0.05) is 31.7 Å². The van der Waals surface area contributed by atoms with Gasteiger partial charge in [0.15, 0.2) is 11.5 Å². The topological polar surface area (TPSA) is 94.6 Å². The highest BCUT2D eigenvalue weighted by Crippen LogP contribution is 2.33. The van der Waals surface area contributed by atoms with Gasteiger partial charge in [-0.25, -0.2) is 9.97 Å². The Balaban J connectivity index is 1.35. The monoisotopic (exact) mass is 410 g/mol. The maximum absolute atomic E-state index is 12.4. The van der Waals surface area contributed by atoms with Crippen LogP contribution in [0.3, 0.4) is 0 Å². The van der Waals surface area contributed by atoms with Crippen molar-refractivity contribution >= 4 is 11.7 Å². The van der Waals surface area contributed by atoms with Crippen LogP contribution in [0.4, 0.5) is 5.82 Å². The lowest BCUT2D eigenvalue weighted by atomic mass is 10.0. The smallest absolute Gasteiger partial charge is 0.270 e. The van der Waals surface area contributed by atoms with Crippen LogP contribution < -0.4 is 20.1 Å². The molecule has 0 saturated carbocycles. The summed E-state index contributed by atoms with van der Waals surface area (Å²) >= 11 is 0. The number of nitrogens with zero attached hydrogens (tertiary/aromatic N) is 2. The second kappa shape index (κ2) is 8.47. The summed E-state index contributed by atoms with van der Waals surface area (Å²) in [5.41, 5.74) is 2.39. The largest absolute Gasteiger partial charge is 0.454 e. The molecule has 1 amide bonds. The number of ether oxygens (including phenoxy) is 3. The van der Waals surface area contributed by atoms with Gasteiger partial charge in [-0.3, -0.25) is 4.79 Å². The van der Waals surface area contributed by atoms with Crippen molar-refractivity contribution < 1.29 is 19.0 Å². The summed E-state index contributed by atoms with van der Waals surface area (Å²) in [5.74, 6) is 2.72. The van der Waals surface area contributed by atoms with Crippen molar-refractivity contribution in [3.05, 3.63) is 40.8 Å². The van der Waals surface area contributed by atoms with Crippen molar-refractivity contribution in [2.75, 3.05) is 31.8 Å². The molecule has 1 aromatic carbocycles. The molecular formula is C22H26N4O4. The van der Waals surface area contributed by atoms with Crippen LogP contribution in [-0.2, 0) is 17.6 Å². The summed E-state index contributed by atoms with van der Waals surface area (Å²) in [7, 11) is 0. The van der Waals surface area contributed by atoms with Gasteiger partial charge in [0.25, 0.3) is 5.91 Å². The highest BCUT2D eigenvalue weighted by atomic mass is 16.7. The minimum absolute atomic E-state index is 0.135. The molecule has 158 valence electrons. The number of amides is 1. The van der Waals surface area contributed by atoms with E-state index < -0.39 is 0 Å². The van der Waals surface area contributed by atoms with E-state index in [1.165, 1.54) is 6.42 Å². The Bertz CT molecular complexity index is 943. The van der Waals surface area contributed by atoms with Crippen LogP contribution in [0.1, 0.15) is 53.1 Å². The predicted octanol–water partition coefficient (Wildman–Crippen LogP) is 2.45. The number of anilines is 1. The van der Waals surface area contributed by atoms with Crippen LogP contribution in [0.5, 0.6) is 11.5 Å². The molecule has 8 heteroatoms. The molecule has 4 heterocycles. The van der Waals surface area contributed by atoms with Gasteiger partial charge < -0.3 is 24.8 Å². The molecule has 1 atom stereocenters. The molecule has 8 nitrogen and oxygen atoms in total. The van der Waals surface area contributed by atoms with Gasteiger partial charge in [-0.1, -0.05) is 6.07 Å². The number of nitrogens with one attached hydrogen (secondary N) is 2. The Morgan fingerprint density at radius 3 is 3.00 bits per heavy atom. The first-order valence-electron chi connectivity index (χ1n) is 10.7. The van der Waals surface area contributed by atoms with E-state index in [4.69, 9.17) is 19.2 Å². The summed E-state index contributed by atoms with van der Waals surface area (Å²) in [6, 6.07) is 5.81. The molecule has 1 fully saturated rings. The van der Waals surface area contributed by atoms with Crippen LogP contribution >= 0.6 is 0 Å². The molecule has 3 aliphatic rings. The van der Waals surface area contributed by atoms with Crippen molar-refractivity contribution in [1.82, 2.24) is 15.3 Å². The van der Waals surface area contributed by atoms with Crippen LogP contribution in [0.15, 0.2) is 18.2 Å². The van der Waals surface area contributed by atoms with Gasteiger partial charge in [-0.05, 0) is 49.8 Å². The van der Waals surface area contributed by atoms with E-state index in [2.05, 4.69) is 15.6 Å². The Morgan fingerprint density at radius 1 is 1.17 bits per heavy atom. The summed E-state index contributed by atoms with van der Waals surface area (Å²) < 4.78 is 16.7. The van der Waals surface area contributed by atoms with Crippen molar-refractivity contribution in [2.24, 2.45) is 0 Å². The predicted molar refractivity (Wildman–Crippen MR) is 110 cm³/mol. The molecule has 2 aromatic rings. The van der Waals surface area contributed by atoms with E-state index >= 15 is 0 Å². The van der Waals surface area contributed by atoms with Gasteiger partial charge in [0.05, 0.1) is 6.10 Å². The number of carbonyl (C=O) groups excluding carboxylic acids is 1. The number of rotatable bonds is 6. The summed E-state index contributed by atoms with van der Waals surface area (Å²) in [4.78, 5) is 21.8. The van der Waals surface area contributed by atoms with E-state index in [1.807, 2.05) is 18.2 Å². The average molecular weight is 410 g/mol. The average Bonchev–Trinajstić information content (AvgIpc) is 3.23. The molecule has 2 N–H and O–H groups in total. The molecule has 1 saturated heterocycles. The second-order valence-electron chi connectivity index (χ2n) is 7.89. The number of benzene rings is 1. The van der Waals surface area contributed by atoms with E-state index in [0.717, 1.165) is 67.3 Å². The molecule has 0 bridgehead atoms. The van der Waals surface area contributed by atoms with Crippen molar-refractivity contribution in [3.63, 3.8) is 0 Å². The van der Waals surface area contributed by atoms with Crippen molar-refractivity contribution in [3.8, 4) is 11.5 Å². The lowest BCUT2D eigenvalue weighted by Crippen LogP contribution is -2.34. The number of carbonyl (C=O) groups is 1. The minimum atomic E-state index is -0.135. The summed E-state index contributed by atoms with van der Waals surface area (Å²) in [6.07, 6.45) is 5.98. The first-order chi connectivity index (χ1) is 14.8. The molecule has 3 aliphatic heterocycles. The lowest BCUT2D eigenvalue weighted by Gasteiger charge is -2.24. The Labute approximate surface area is 175 Å². The summed E-state index contributed by atoms with van der Waals surface area (Å²) in [5, 5.41) is 6.34. The fraction of sp³-hybridized carbons (Fsp3) is 0.500. The summed E-state index contributed by atoms with van der Waals surface area (Å²) in [6.45, 7) is 2.47. The van der Waals surface area contributed by atoms with Crippen molar-refractivity contribution in [1.29, 1.82) is 0 Å². The normalized spacial score (nSPS) is 19.9. The SMILES string of the molecule is O=C1NCCc2c(NCCC3CCCCO3)nc(Cc3ccc4c(c3)OCO4)nc21. The maximum Gasteiger partial charge on any atom is 0.270 e. The number of hydrogen-bond donors (Lipinski definition) is 2. The lowest BCUT2D eigenvalue weighted by molar-refractivity contribution is 0.0134. The fourth-order valence-electron chi connectivity index (χ4n) is 4.18. The second-order valence-corrected chi connectivity index (χ2v) is 7.89. The molecule has 1 unspecified atom stereocenters. The standard InChI is InChI=1S/C22H26N4O4/c27-22-20-16(7-9-24-22)21(23-8-6-15-3-1-2-10-28-15)26-19(25-20)12-14-4-5-17-18(11-14)30-13-29-17/h4-5,11,15H,1-3,6-10,12-13H2,(H,24,27)(H,23,25,26). The minimum Gasteiger partial charge on any atom is -0.454 e. The van der Waals surface area contributed by atoms with Crippen LogP contribution in [0.25, 0.3) is 0 Å². The Hall–Kier alpha value is -2.87. The maximum atomic E-state index is 12.4. The first kappa shape index (κ1) is 19.1. The molecule has 0 radical (unpaired) electrons.